The SMILES string of the molecule is COC(=O)C(OC)c1c(O)c(O)c(C(OC)C(=O)OC)c2ccccc12. The summed E-state index contributed by atoms with van der Waals surface area (Å²) in [5.74, 6) is -2.73. The number of esters is 2. The number of benzene rings is 2. The molecule has 0 amide bonds. The van der Waals surface area contributed by atoms with Gasteiger partial charge in [0.25, 0.3) is 0 Å². The number of phenolic OH excluding ortho intramolecular Hbond substituents is 2. The fourth-order valence-corrected chi connectivity index (χ4v) is 2.87. The molecule has 0 bridgehead atoms. The van der Waals surface area contributed by atoms with E-state index in [1.807, 2.05) is 0 Å². The predicted molar refractivity (Wildman–Crippen MR) is 90.8 cm³/mol. The van der Waals surface area contributed by atoms with Gasteiger partial charge in [-0.3, -0.25) is 0 Å². The van der Waals surface area contributed by atoms with Crippen molar-refractivity contribution >= 4 is 22.7 Å². The summed E-state index contributed by atoms with van der Waals surface area (Å²) < 4.78 is 19.7. The minimum absolute atomic E-state index is 0.0240. The average molecular weight is 364 g/mol. The molecule has 2 unspecified atom stereocenters. The Balaban J connectivity index is 2.89. The molecule has 2 atom stereocenters. The normalized spacial score (nSPS) is 13.2. The van der Waals surface area contributed by atoms with Gasteiger partial charge in [-0.25, -0.2) is 9.59 Å². The highest BCUT2D eigenvalue weighted by Gasteiger charge is 2.34. The Morgan fingerprint density at radius 3 is 1.38 bits per heavy atom. The lowest BCUT2D eigenvalue weighted by molar-refractivity contribution is -0.153. The average Bonchev–Trinajstić information content (AvgIpc) is 2.67. The molecule has 26 heavy (non-hydrogen) atoms. The highest BCUT2D eigenvalue weighted by atomic mass is 16.6. The number of phenols is 2. The van der Waals surface area contributed by atoms with Crippen molar-refractivity contribution in [1.29, 1.82) is 0 Å². The first-order chi connectivity index (χ1) is 12.4. The number of carbonyl (C=O) groups excluding carboxylic acids is 2. The Morgan fingerprint density at radius 2 is 1.12 bits per heavy atom. The molecule has 2 rings (SSSR count). The molecule has 0 aliphatic rings. The van der Waals surface area contributed by atoms with Gasteiger partial charge in [0.2, 0.25) is 0 Å². The molecular weight excluding hydrogens is 344 g/mol. The van der Waals surface area contributed by atoms with Crippen LogP contribution in [0, 0.1) is 0 Å². The molecule has 2 aromatic carbocycles. The summed E-state index contributed by atoms with van der Waals surface area (Å²) in [5, 5.41) is 21.9. The van der Waals surface area contributed by atoms with E-state index in [-0.39, 0.29) is 11.1 Å². The fraction of sp³-hybridized carbons (Fsp3) is 0.333. The van der Waals surface area contributed by atoms with E-state index in [0.29, 0.717) is 10.8 Å². The second kappa shape index (κ2) is 8.03. The molecule has 0 aromatic heterocycles. The van der Waals surface area contributed by atoms with Gasteiger partial charge in [0.1, 0.15) is 0 Å². The Morgan fingerprint density at radius 1 is 0.769 bits per heavy atom. The topological polar surface area (TPSA) is 112 Å². The van der Waals surface area contributed by atoms with E-state index in [2.05, 4.69) is 0 Å². The predicted octanol–water partition coefficient (Wildman–Crippen LogP) is 1.97. The number of rotatable bonds is 6. The Hall–Kier alpha value is -2.84. The van der Waals surface area contributed by atoms with E-state index in [1.54, 1.807) is 24.3 Å². The molecule has 8 nitrogen and oxygen atoms in total. The molecule has 140 valence electrons. The van der Waals surface area contributed by atoms with E-state index in [4.69, 9.17) is 18.9 Å². The minimum atomic E-state index is -1.27. The summed E-state index contributed by atoms with van der Waals surface area (Å²) in [6.07, 6.45) is -2.55. The largest absolute Gasteiger partial charge is 0.504 e. The molecule has 2 N–H and O–H groups in total. The zero-order valence-corrected chi connectivity index (χ0v) is 14.8. The molecule has 0 heterocycles. The lowest BCUT2D eigenvalue weighted by Crippen LogP contribution is -2.19. The third kappa shape index (κ3) is 3.16. The molecule has 0 spiro atoms. The van der Waals surface area contributed by atoms with Gasteiger partial charge in [0, 0.05) is 25.3 Å². The zero-order valence-electron chi connectivity index (χ0n) is 14.8. The van der Waals surface area contributed by atoms with Crippen molar-refractivity contribution in [3.8, 4) is 11.5 Å². The number of aromatic hydroxyl groups is 2. The van der Waals surface area contributed by atoms with Crippen molar-refractivity contribution < 1.29 is 38.7 Å². The maximum absolute atomic E-state index is 12.0. The molecule has 0 saturated heterocycles. The van der Waals surface area contributed by atoms with Crippen molar-refractivity contribution in [2.45, 2.75) is 12.2 Å². The smallest absolute Gasteiger partial charge is 0.339 e. The molecule has 0 fully saturated rings. The number of hydrogen-bond donors (Lipinski definition) is 2. The standard InChI is InChI=1S/C18H20O8/c1-23-15(17(21)25-3)11-9-7-5-6-8-10(9)12(14(20)13(11)19)16(24-2)18(22)26-4/h5-8,15-16,19-20H,1-4H3. The minimum Gasteiger partial charge on any atom is -0.504 e. The van der Waals surface area contributed by atoms with E-state index >= 15 is 0 Å². The summed E-state index contributed by atoms with van der Waals surface area (Å²) in [7, 11) is 4.90. The highest BCUT2D eigenvalue weighted by molar-refractivity contribution is 5.99. The van der Waals surface area contributed by atoms with Crippen molar-refractivity contribution in [2.75, 3.05) is 28.4 Å². The summed E-state index contributed by atoms with van der Waals surface area (Å²) in [6, 6.07) is 6.59. The van der Waals surface area contributed by atoms with Crippen LogP contribution >= 0.6 is 0 Å². The van der Waals surface area contributed by atoms with Gasteiger partial charge in [-0.1, -0.05) is 24.3 Å². The first kappa shape index (κ1) is 19.5. The molecule has 0 aliphatic heterocycles. The highest BCUT2D eigenvalue weighted by Crippen LogP contribution is 2.47. The third-order valence-corrected chi connectivity index (χ3v) is 4.07. The van der Waals surface area contributed by atoms with Gasteiger partial charge in [0.15, 0.2) is 23.7 Å². The van der Waals surface area contributed by atoms with Crippen LogP contribution in [0.5, 0.6) is 11.5 Å². The maximum Gasteiger partial charge on any atom is 0.339 e. The number of methoxy groups -OCH3 is 4. The van der Waals surface area contributed by atoms with Gasteiger partial charge >= 0.3 is 11.9 Å². The van der Waals surface area contributed by atoms with Crippen LogP contribution in [-0.4, -0.2) is 50.6 Å². The molecular formula is C18H20O8. The summed E-state index contributed by atoms with van der Waals surface area (Å²) in [4.78, 5) is 24.1. The Labute approximate surface area is 149 Å². The summed E-state index contributed by atoms with van der Waals surface area (Å²) in [6.45, 7) is 0. The molecule has 0 saturated carbocycles. The monoisotopic (exact) mass is 364 g/mol. The van der Waals surface area contributed by atoms with Crippen LogP contribution in [0.25, 0.3) is 10.8 Å². The summed E-state index contributed by atoms with van der Waals surface area (Å²) >= 11 is 0. The maximum atomic E-state index is 12.0. The van der Waals surface area contributed by atoms with Crippen LogP contribution in [0.2, 0.25) is 0 Å². The van der Waals surface area contributed by atoms with Gasteiger partial charge in [-0.2, -0.15) is 0 Å². The fourth-order valence-electron chi connectivity index (χ4n) is 2.87. The van der Waals surface area contributed by atoms with Crippen molar-refractivity contribution in [3.05, 3.63) is 35.4 Å². The Bertz CT molecular complexity index is 761. The lowest BCUT2D eigenvalue weighted by Gasteiger charge is -2.23. The molecule has 0 aliphatic carbocycles. The number of hydrogen-bond acceptors (Lipinski definition) is 8. The van der Waals surface area contributed by atoms with E-state index in [9.17, 15) is 19.8 Å². The Kier molecular flexibility index (Phi) is 6.01. The van der Waals surface area contributed by atoms with Gasteiger partial charge in [-0.15, -0.1) is 0 Å². The molecule has 8 heteroatoms. The van der Waals surface area contributed by atoms with Gasteiger partial charge < -0.3 is 29.2 Å². The van der Waals surface area contributed by atoms with Gasteiger partial charge in [-0.05, 0) is 10.8 Å². The number of ether oxygens (including phenoxy) is 4. The van der Waals surface area contributed by atoms with Crippen LogP contribution in [0.1, 0.15) is 23.3 Å². The van der Waals surface area contributed by atoms with E-state index in [1.165, 1.54) is 28.4 Å². The lowest BCUT2D eigenvalue weighted by atomic mass is 9.91. The number of fused-ring (bicyclic) bond motifs is 1. The molecule has 0 radical (unpaired) electrons. The van der Waals surface area contributed by atoms with Crippen molar-refractivity contribution in [2.24, 2.45) is 0 Å². The zero-order chi connectivity index (χ0) is 19.4. The van der Waals surface area contributed by atoms with Crippen molar-refractivity contribution in [1.82, 2.24) is 0 Å². The van der Waals surface area contributed by atoms with E-state index in [0.717, 1.165) is 0 Å². The quantitative estimate of drug-likeness (QED) is 0.591. The summed E-state index contributed by atoms with van der Waals surface area (Å²) in [5.41, 5.74) is 0.0480. The molecule has 2 aromatic rings. The van der Waals surface area contributed by atoms with Crippen LogP contribution in [-0.2, 0) is 28.5 Å². The second-order valence-corrected chi connectivity index (χ2v) is 5.35. The van der Waals surface area contributed by atoms with Crippen LogP contribution in [0.4, 0.5) is 0 Å². The van der Waals surface area contributed by atoms with E-state index < -0.39 is 35.6 Å². The van der Waals surface area contributed by atoms with Gasteiger partial charge in [0.05, 0.1) is 14.2 Å². The van der Waals surface area contributed by atoms with Crippen LogP contribution < -0.4 is 0 Å². The first-order valence-corrected chi connectivity index (χ1v) is 7.60. The van der Waals surface area contributed by atoms with Crippen molar-refractivity contribution in [3.63, 3.8) is 0 Å². The first-order valence-electron chi connectivity index (χ1n) is 7.60. The number of carbonyl (C=O) groups is 2. The van der Waals surface area contributed by atoms with Crippen LogP contribution in [0.3, 0.4) is 0 Å². The van der Waals surface area contributed by atoms with Crippen LogP contribution in [0.15, 0.2) is 24.3 Å². The second-order valence-electron chi connectivity index (χ2n) is 5.35. The third-order valence-electron chi connectivity index (χ3n) is 4.07.